The Hall–Kier alpha value is -4.16. The van der Waals surface area contributed by atoms with E-state index in [2.05, 4.69) is 25.3 Å². The lowest BCUT2D eigenvalue weighted by Gasteiger charge is -2.20. The van der Waals surface area contributed by atoms with E-state index in [-0.39, 0.29) is 18.0 Å². The zero-order chi connectivity index (χ0) is 24.3. The number of hydrogen-bond donors (Lipinski definition) is 2. The molecule has 3 aromatic rings. The van der Waals surface area contributed by atoms with Crippen LogP contribution in [0.25, 0.3) is 11.1 Å². The average molecular weight is 476 g/mol. The molecular weight excluding hydrogens is 457 g/mol. The number of alkyl halides is 3. The van der Waals surface area contributed by atoms with Gasteiger partial charge in [-0.05, 0) is 41.8 Å². The van der Waals surface area contributed by atoms with Crippen LogP contribution in [-0.4, -0.2) is 67.0 Å². The molecule has 0 spiro atoms. The Balaban J connectivity index is 1.45. The number of nitrogens with zero attached hydrogens (tertiary/aromatic N) is 5. The van der Waals surface area contributed by atoms with Gasteiger partial charge in [0.2, 0.25) is 0 Å². The summed E-state index contributed by atoms with van der Waals surface area (Å²) >= 11 is 0. The first-order valence-electron chi connectivity index (χ1n) is 10.1. The molecular formula is C21H19F3N6O4. The van der Waals surface area contributed by atoms with Crippen LogP contribution in [0, 0.1) is 0 Å². The average Bonchev–Trinajstić information content (AvgIpc) is 3.43. The Labute approximate surface area is 191 Å². The molecule has 178 valence electrons. The predicted molar refractivity (Wildman–Crippen MR) is 111 cm³/mol. The lowest BCUT2D eigenvalue weighted by molar-refractivity contribution is -0.274. The number of ether oxygens (including phenoxy) is 1. The minimum atomic E-state index is -4.82. The van der Waals surface area contributed by atoms with E-state index in [1.165, 1.54) is 46.2 Å². The highest BCUT2D eigenvalue weighted by molar-refractivity contribution is 5.93. The molecule has 0 unspecified atom stereocenters. The van der Waals surface area contributed by atoms with Crippen molar-refractivity contribution in [3.8, 4) is 16.9 Å². The van der Waals surface area contributed by atoms with Crippen LogP contribution in [0.5, 0.6) is 5.75 Å². The molecule has 2 aromatic heterocycles. The highest BCUT2D eigenvalue weighted by atomic mass is 19.4. The van der Waals surface area contributed by atoms with Gasteiger partial charge in [-0.25, -0.2) is 4.79 Å². The first kappa shape index (κ1) is 23.0. The molecule has 1 fully saturated rings. The molecule has 0 saturated carbocycles. The number of carbonyl (C=O) groups excluding carboxylic acids is 1. The van der Waals surface area contributed by atoms with Crippen molar-refractivity contribution in [2.45, 2.75) is 31.4 Å². The molecule has 1 aromatic carbocycles. The summed E-state index contributed by atoms with van der Waals surface area (Å²) in [4.78, 5) is 29.7. The molecule has 4 rings (SSSR count). The number of carbonyl (C=O) groups is 2. The summed E-state index contributed by atoms with van der Waals surface area (Å²) in [5.74, 6) is -0.910. The van der Waals surface area contributed by atoms with E-state index < -0.39 is 30.4 Å². The number of likely N-dealkylation sites (tertiary alicyclic amines) is 1. The Kier molecular flexibility index (Phi) is 6.34. The van der Waals surface area contributed by atoms with Crippen LogP contribution in [0.1, 0.15) is 16.9 Å². The van der Waals surface area contributed by atoms with Crippen molar-refractivity contribution in [1.82, 2.24) is 30.2 Å². The molecule has 1 aliphatic heterocycles. The van der Waals surface area contributed by atoms with Gasteiger partial charge in [0.05, 0.1) is 18.8 Å². The number of amides is 2. The zero-order valence-electron chi connectivity index (χ0n) is 17.5. The number of nitrogens with one attached hydrogen (secondary N) is 1. The van der Waals surface area contributed by atoms with Gasteiger partial charge in [-0.3, -0.25) is 14.5 Å². The van der Waals surface area contributed by atoms with Gasteiger partial charge in [0.25, 0.3) is 5.91 Å². The number of pyridine rings is 1. The Morgan fingerprint density at radius 2 is 1.97 bits per heavy atom. The van der Waals surface area contributed by atoms with E-state index in [9.17, 15) is 27.9 Å². The van der Waals surface area contributed by atoms with Crippen molar-refractivity contribution in [1.29, 1.82) is 0 Å². The van der Waals surface area contributed by atoms with E-state index in [0.717, 1.165) is 0 Å². The second-order valence-electron chi connectivity index (χ2n) is 7.63. The zero-order valence-corrected chi connectivity index (χ0v) is 17.5. The van der Waals surface area contributed by atoms with Crippen LogP contribution >= 0.6 is 0 Å². The fraction of sp³-hybridized carbons (Fsp3) is 0.286. The normalized spacial score (nSPS) is 18.0. The van der Waals surface area contributed by atoms with E-state index in [0.29, 0.717) is 24.1 Å². The van der Waals surface area contributed by atoms with Gasteiger partial charge in [-0.1, -0.05) is 17.3 Å². The summed E-state index contributed by atoms with van der Waals surface area (Å²) < 4.78 is 43.0. The van der Waals surface area contributed by atoms with Crippen molar-refractivity contribution in [2.75, 3.05) is 6.54 Å². The summed E-state index contributed by atoms with van der Waals surface area (Å²) in [7, 11) is 0. The summed E-state index contributed by atoms with van der Waals surface area (Å²) in [5, 5.41) is 19.8. The van der Waals surface area contributed by atoms with E-state index in [1.807, 2.05) is 0 Å². The van der Waals surface area contributed by atoms with Crippen molar-refractivity contribution >= 4 is 12.0 Å². The Morgan fingerprint density at radius 3 is 2.68 bits per heavy atom. The number of benzene rings is 1. The van der Waals surface area contributed by atoms with Crippen molar-refractivity contribution in [3.05, 3.63) is 60.7 Å². The number of carboxylic acid groups (broad SMARTS) is 1. The first-order chi connectivity index (χ1) is 16.2. The second-order valence-corrected chi connectivity index (χ2v) is 7.63. The Morgan fingerprint density at radius 1 is 1.18 bits per heavy atom. The van der Waals surface area contributed by atoms with Crippen LogP contribution in [0.3, 0.4) is 0 Å². The highest BCUT2D eigenvalue weighted by Crippen LogP contribution is 2.28. The van der Waals surface area contributed by atoms with Gasteiger partial charge in [0.1, 0.15) is 11.4 Å². The number of hydrogen-bond acceptors (Lipinski definition) is 6. The Bertz CT molecular complexity index is 1170. The quantitative estimate of drug-likeness (QED) is 0.561. The minimum Gasteiger partial charge on any atom is -0.465 e. The third kappa shape index (κ3) is 5.60. The molecule has 34 heavy (non-hydrogen) atoms. The van der Waals surface area contributed by atoms with Crippen LogP contribution in [0.2, 0.25) is 0 Å². The van der Waals surface area contributed by atoms with Crippen LogP contribution in [-0.2, 0) is 6.54 Å². The predicted octanol–water partition coefficient (Wildman–Crippen LogP) is 2.79. The minimum absolute atomic E-state index is 0.0428. The third-order valence-electron chi connectivity index (χ3n) is 5.26. The maximum absolute atomic E-state index is 12.8. The van der Waals surface area contributed by atoms with Gasteiger partial charge in [0, 0.05) is 25.0 Å². The molecule has 0 aliphatic carbocycles. The molecule has 1 saturated heterocycles. The lowest BCUT2D eigenvalue weighted by atomic mass is 10.1. The largest absolute Gasteiger partial charge is 0.573 e. The molecule has 2 atom stereocenters. The van der Waals surface area contributed by atoms with E-state index in [1.54, 1.807) is 18.3 Å². The molecule has 3 heterocycles. The van der Waals surface area contributed by atoms with Gasteiger partial charge >= 0.3 is 12.5 Å². The van der Waals surface area contributed by atoms with Gasteiger partial charge in [-0.2, -0.15) is 0 Å². The van der Waals surface area contributed by atoms with Crippen molar-refractivity contribution in [3.63, 3.8) is 0 Å². The topological polar surface area (TPSA) is 122 Å². The second kappa shape index (κ2) is 9.37. The smallest absolute Gasteiger partial charge is 0.465 e. The maximum Gasteiger partial charge on any atom is 0.573 e. The third-order valence-corrected chi connectivity index (χ3v) is 5.26. The fourth-order valence-electron chi connectivity index (χ4n) is 3.84. The van der Waals surface area contributed by atoms with Gasteiger partial charge in [-0.15, -0.1) is 18.3 Å². The molecule has 13 heteroatoms. The molecule has 2 N–H and O–H groups in total. The maximum atomic E-state index is 12.8. The van der Waals surface area contributed by atoms with Crippen molar-refractivity contribution < 1.29 is 32.6 Å². The number of aromatic nitrogens is 4. The number of halogens is 3. The summed E-state index contributed by atoms with van der Waals surface area (Å²) in [5.41, 5.74) is 0.917. The molecule has 1 aliphatic rings. The van der Waals surface area contributed by atoms with Gasteiger partial charge in [0.15, 0.2) is 0 Å². The standard InChI is InChI=1S/C21H19F3N6O4/c22-21(23,24)34-17-3-1-2-13(8-17)14-4-5-25-18(9-14)19(31)27-15-10-16(30(11-15)20(32)33)12-29-7-6-26-28-29/h1-9,15-16H,10-12H2,(H,27,31)(H,32,33)/t15-,16+/m1/s1. The highest BCUT2D eigenvalue weighted by Gasteiger charge is 2.36. The molecule has 10 nitrogen and oxygen atoms in total. The van der Waals surface area contributed by atoms with Crippen molar-refractivity contribution in [2.24, 2.45) is 0 Å². The molecule has 0 bridgehead atoms. The van der Waals surface area contributed by atoms with E-state index >= 15 is 0 Å². The first-order valence-corrected chi connectivity index (χ1v) is 10.1. The SMILES string of the molecule is O=C(N[C@@H]1C[C@@H](Cn2ccnn2)N(C(=O)O)C1)c1cc(-c2cccc(OC(F)(F)F)c2)ccn1. The summed E-state index contributed by atoms with van der Waals surface area (Å²) in [6.45, 7) is 0.389. The van der Waals surface area contributed by atoms with Gasteiger partial charge < -0.3 is 20.1 Å². The van der Waals surface area contributed by atoms with E-state index in [4.69, 9.17) is 0 Å². The lowest BCUT2D eigenvalue weighted by Crippen LogP contribution is -2.39. The number of rotatable bonds is 6. The van der Waals surface area contributed by atoms with Crippen LogP contribution in [0.15, 0.2) is 55.0 Å². The fourth-order valence-corrected chi connectivity index (χ4v) is 3.84. The summed E-state index contributed by atoms with van der Waals surface area (Å²) in [6, 6.07) is 7.52. The molecule has 0 radical (unpaired) electrons. The monoisotopic (exact) mass is 476 g/mol. The van der Waals surface area contributed by atoms with Crippen LogP contribution < -0.4 is 10.1 Å². The summed E-state index contributed by atoms with van der Waals surface area (Å²) in [6.07, 6.45) is -1.08. The van der Waals surface area contributed by atoms with Crippen LogP contribution in [0.4, 0.5) is 18.0 Å². The molecule has 2 amide bonds.